The SMILES string of the molecule is O=c1nc(N2CC=C(c3ccc(F)nc3)CC2)ncn1Cc1ccc(Cl)cc1. The summed E-state index contributed by atoms with van der Waals surface area (Å²) in [5.41, 5.74) is 2.60. The highest BCUT2D eigenvalue weighted by Crippen LogP contribution is 2.23. The van der Waals surface area contributed by atoms with Crippen molar-refractivity contribution in [3.05, 3.63) is 87.6 Å². The van der Waals surface area contributed by atoms with E-state index in [1.807, 2.05) is 23.1 Å². The highest BCUT2D eigenvalue weighted by Gasteiger charge is 2.16. The molecule has 0 spiro atoms. The lowest BCUT2D eigenvalue weighted by atomic mass is 10.0. The van der Waals surface area contributed by atoms with Crippen LogP contribution in [0.15, 0.2) is 59.8 Å². The van der Waals surface area contributed by atoms with Gasteiger partial charge < -0.3 is 4.90 Å². The van der Waals surface area contributed by atoms with Crippen LogP contribution in [0.5, 0.6) is 0 Å². The normalized spacial score (nSPS) is 14.1. The maximum absolute atomic E-state index is 13.0. The molecule has 2 aromatic heterocycles. The van der Waals surface area contributed by atoms with E-state index in [0.29, 0.717) is 30.6 Å². The van der Waals surface area contributed by atoms with E-state index >= 15 is 0 Å². The molecule has 8 heteroatoms. The van der Waals surface area contributed by atoms with Gasteiger partial charge in [0, 0.05) is 24.3 Å². The molecule has 4 rings (SSSR count). The molecule has 0 radical (unpaired) electrons. The average molecular weight is 398 g/mol. The van der Waals surface area contributed by atoms with Crippen LogP contribution >= 0.6 is 11.6 Å². The van der Waals surface area contributed by atoms with E-state index in [4.69, 9.17) is 11.6 Å². The van der Waals surface area contributed by atoms with Crippen LogP contribution in [0.3, 0.4) is 0 Å². The number of rotatable bonds is 4. The molecular formula is C20H17ClFN5O. The number of aromatic nitrogens is 4. The van der Waals surface area contributed by atoms with Gasteiger partial charge in [-0.3, -0.25) is 4.57 Å². The third-order valence-electron chi connectivity index (χ3n) is 4.61. The number of hydrogen-bond donors (Lipinski definition) is 0. The summed E-state index contributed by atoms with van der Waals surface area (Å²) in [5, 5.41) is 0.650. The lowest BCUT2D eigenvalue weighted by molar-refractivity contribution is 0.583. The van der Waals surface area contributed by atoms with E-state index in [-0.39, 0.29) is 5.69 Å². The Bertz CT molecular complexity index is 1060. The molecule has 28 heavy (non-hydrogen) atoms. The minimum absolute atomic E-state index is 0.350. The van der Waals surface area contributed by atoms with Crippen LogP contribution in [-0.4, -0.2) is 32.6 Å². The van der Waals surface area contributed by atoms with E-state index < -0.39 is 5.95 Å². The molecule has 0 bridgehead atoms. The maximum Gasteiger partial charge on any atom is 0.352 e. The monoisotopic (exact) mass is 397 g/mol. The molecule has 1 aliphatic rings. The van der Waals surface area contributed by atoms with E-state index in [1.165, 1.54) is 23.2 Å². The van der Waals surface area contributed by atoms with E-state index in [1.54, 1.807) is 18.2 Å². The predicted molar refractivity (Wildman–Crippen MR) is 106 cm³/mol. The maximum atomic E-state index is 13.0. The van der Waals surface area contributed by atoms with Crippen molar-refractivity contribution in [3.8, 4) is 0 Å². The molecule has 142 valence electrons. The first kappa shape index (κ1) is 18.3. The van der Waals surface area contributed by atoms with Crippen molar-refractivity contribution >= 4 is 23.1 Å². The van der Waals surface area contributed by atoms with Crippen LogP contribution in [0.4, 0.5) is 10.3 Å². The van der Waals surface area contributed by atoms with Crippen molar-refractivity contribution in [1.29, 1.82) is 0 Å². The standard InChI is InChI=1S/C20H17ClFN5O/c21-17-4-1-14(2-5-17)12-27-13-24-19(25-20(27)28)26-9-7-15(8-10-26)16-3-6-18(22)23-11-16/h1-7,11,13H,8-10,12H2. The fourth-order valence-electron chi connectivity index (χ4n) is 3.08. The van der Waals surface area contributed by atoms with Gasteiger partial charge in [-0.15, -0.1) is 0 Å². The Hall–Kier alpha value is -3.06. The summed E-state index contributed by atoms with van der Waals surface area (Å²) in [6, 6.07) is 10.4. The van der Waals surface area contributed by atoms with Crippen LogP contribution in [0.1, 0.15) is 17.5 Å². The number of halogens is 2. The highest BCUT2D eigenvalue weighted by atomic mass is 35.5. The van der Waals surface area contributed by atoms with E-state index in [0.717, 1.165) is 23.1 Å². The Morgan fingerprint density at radius 3 is 2.57 bits per heavy atom. The second kappa shape index (κ2) is 7.90. The van der Waals surface area contributed by atoms with Gasteiger partial charge in [-0.2, -0.15) is 9.37 Å². The van der Waals surface area contributed by atoms with Gasteiger partial charge in [0.15, 0.2) is 0 Å². The Kier molecular flexibility index (Phi) is 5.16. The van der Waals surface area contributed by atoms with Crippen molar-refractivity contribution in [2.45, 2.75) is 13.0 Å². The molecule has 3 aromatic rings. The molecule has 0 amide bonds. The van der Waals surface area contributed by atoms with Gasteiger partial charge in [-0.25, -0.2) is 14.8 Å². The molecule has 0 saturated carbocycles. The number of pyridine rings is 1. The Balaban J connectivity index is 1.47. The van der Waals surface area contributed by atoms with E-state index in [9.17, 15) is 9.18 Å². The van der Waals surface area contributed by atoms with Crippen LogP contribution in [0.25, 0.3) is 5.57 Å². The van der Waals surface area contributed by atoms with Gasteiger partial charge >= 0.3 is 5.69 Å². The van der Waals surface area contributed by atoms with Crippen LogP contribution in [-0.2, 0) is 6.54 Å². The van der Waals surface area contributed by atoms with Crippen molar-refractivity contribution in [3.63, 3.8) is 0 Å². The molecule has 0 unspecified atom stereocenters. The Labute approximate surface area is 166 Å². The summed E-state index contributed by atoms with van der Waals surface area (Å²) in [6.07, 6.45) is 5.82. The number of nitrogens with zero attached hydrogens (tertiary/aromatic N) is 5. The lowest BCUT2D eigenvalue weighted by Crippen LogP contribution is -2.34. The van der Waals surface area contributed by atoms with Crippen molar-refractivity contribution in [2.24, 2.45) is 0 Å². The van der Waals surface area contributed by atoms with Crippen molar-refractivity contribution < 1.29 is 4.39 Å². The van der Waals surface area contributed by atoms with Crippen LogP contribution in [0.2, 0.25) is 5.02 Å². The minimum Gasteiger partial charge on any atom is -0.337 e. The molecule has 1 aromatic carbocycles. The molecule has 0 atom stereocenters. The minimum atomic E-state index is -0.491. The third-order valence-corrected chi connectivity index (χ3v) is 4.86. The molecule has 6 nitrogen and oxygen atoms in total. The first-order valence-electron chi connectivity index (χ1n) is 8.82. The van der Waals surface area contributed by atoms with Gasteiger partial charge in [0.1, 0.15) is 6.33 Å². The number of benzene rings is 1. The third kappa shape index (κ3) is 4.09. The van der Waals surface area contributed by atoms with Crippen LogP contribution in [0, 0.1) is 5.95 Å². The zero-order valence-electron chi connectivity index (χ0n) is 14.9. The van der Waals surface area contributed by atoms with Gasteiger partial charge in [0.2, 0.25) is 11.9 Å². The highest BCUT2D eigenvalue weighted by molar-refractivity contribution is 6.30. The first-order valence-corrected chi connectivity index (χ1v) is 9.20. The fraction of sp³-hybridized carbons (Fsp3) is 0.200. The molecule has 0 aliphatic carbocycles. The van der Waals surface area contributed by atoms with Crippen molar-refractivity contribution in [2.75, 3.05) is 18.0 Å². The largest absolute Gasteiger partial charge is 0.352 e. The smallest absolute Gasteiger partial charge is 0.337 e. The summed E-state index contributed by atoms with van der Waals surface area (Å²) in [6.45, 7) is 1.63. The fourth-order valence-corrected chi connectivity index (χ4v) is 3.20. The average Bonchev–Trinajstić information content (AvgIpc) is 2.72. The second-order valence-electron chi connectivity index (χ2n) is 6.49. The molecule has 3 heterocycles. The topological polar surface area (TPSA) is 63.9 Å². The summed E-state index contributed by atoms with van der Waals surface area (Å²) >= 11 is 5.89. The molecule has 0 fully saturated rings. The van der Waals surface area contributed by atoms with Gasteiger partial charge in [-0.1, -0.05) is 29.8 Å². The van der Waals surface area contributed by atoms with Gasteiger partial charge in [0.05, 0.1) is 6.54 Å². The first-order chi connectivity index (χ1) is 13.6. The molecule has 1 aliphatic heterocycles. The summed E-state index contributed by atoms with van der Waals surface area (Å²) in [5.74, 6) is -0.0840. The molecular weight excluding hydrogens is 381 g/mol. The zero-order chi connectivity index (χ0) is 19.5. The molecule has 0 saturated heterocycles. The summed E-state index contributed by atoms with van der Waals surface area (Å²) in [7, 11) is 0. The Morgan fingerprint density at radius 2 is 1.93 bits per heavy atom. The zero-order valence-corrected chi connectivity index (χ0v) is 15.7. The van der Waals surface area contributed by atoms with E-state index in [2.05, 4.69) is 15.0 Å². The number of hydrogen-bond acceptors (Lipinski definition) is 5. The lowest BCUT2D eigenvalue weighted by Gasteiger charge is -2.26. The molecule has 0 N–H and O–H groups in total. The predicted octanol–water partition coefficient (Wildman–Crippen LogP) is 3.17. The number of anilines is 1. The Morgan fingerprint density at radius 1 is 1.11 bits per heavy atom. The van der Waals surface area contributed by atoms with Gasteiger partial charge in [-0.05, 0) is 47.4 Å². The van der Waals surface area contributed by atoms with Crippen molar-refractivity contribution in [1.82, 2.24) is 19.5 Å². The van der Waals surface area contributed by atoms with Crippen LogP contribution < -0.4 is 10.6 Å². The summed E-state index contributed by atoms with van der Waals surface area (Å²) < 4.78 is 14.4. The van der Waals surface area contributed by atoms with Gasteiger partial charge in [0.25, 0.3) is 0 Å². The summed E-state index contributed by atoms with van der Waals surface area (Å²) in [4.78, 5) is 26.5. The second-order valence-corrected chi connectivity index (χ2v) is 6.92. The quantitative estimate of drug-likeness (QED) is 0.633.